The first-order chi connectivity index (χ1) is 16.7. The predicted molar refractivity (Wildman–Crippen MR) is 134 cm³/mol. The molecule has 12 heteroatoms. The van der Waals surface area contributed by atoms with Crippen LogP contribution in [0.2, 0.25) is 5.02 Å². The fourth-order valence-electron chi connectivity index (χ4n) is 3.20. The van der Waals surface area contributed by atoms with Crippen LogP contribution in [0.3, 0.4) is 0 Å². The molecule has 4 aromatic rings. The number of amides is 1. The van der Waals surface area contributed by atoms with Crippen molar-refractivity contribution in [3.8, 4) is 12.3 Å². The monoisotopic (exact) mass is 526 g/mol. The largest absolute Gasteiger partial charge is 0.305 e. The van der Waals surface area contributed by atoms with Crippen molar-refractivity contribution in [2.24, 2.45) is 4.99 Å². The number of nitro benzene ring substituents is 1. The van der Waals surface area contributed by atoms with E-state index >= 15 is 0 Å². The Hall–Kier alpha value is -3.98. The van der Waals surface area contributed by atoms with Gasteiger partial charge in [0.25, 0.3) is 21.6 Å². The Morgan fingerprint density at radius 3 is 2.60 bits per heavy atom. The molecule has 4 rings (SSSR count). The highest BCUT2D eigenvalue weighted by Gasteiger charge is 2.16. The van der Waals surface area contributed by atoms with E-state index < -0.39 is 20.9 Å². The fraction of sp³-hybridized carbons (Fsp3) is 0.0435. The molecule has 1 N–H and O–H groups in total. The Bertz CT molecular complexity index is 1680. The lowest BCUT2D eigenvalue weighted by atomic mass is 10.2. The van der Waals surface area contributed by atoms with E-state index in [9.17, 15) is 23.3 Å². The number of aromatic nitrogens is 1. The first kappa shape index (κ1) is 24.2. The number of fused-ring (bicyclic) bond motifs is 1. The van der Waals surface area contributed by atoms with Gasteiger partial charge in [-0.05, 0) is 48.5 Å². The number of halogens is 1. The Kier molecular flexibility index (Phi) is 6.70. The summed E-state index contributed by atoms with van der Waals surface area (Å²) in [5, 5.41) is 11.5. The van der Waals surface area contributed by atoms with E-state index in [-0.39, 0.29) is 33.2 Å². The molecule has 0 bridgehead atoms. The number of carbonyl (C=O) groups excluding carboxylic acids is 1. The average Bonchev–Trinajstić information content (AvgIpc) is 3.15. The number of non-ortho nitro benzene ring substituents is 1. The third-order valence-corrected chi connectivity index (χ3v) is 7.50. The first-order valence-electron chi connectivity index (χ1n) is 9.87. The zero-order chi connectivity index (χ0) is 25.2. The van der Waals surface area contributed by atoms with Crippen LogP contribution < -0.4 is 9.52 Å². The van der Waals surface area contributed by atoms with Gasteiger partial charge in [0.15, 0.2) is 4.80 Å². The molecule has 35 heavy (non-hydrogen) atoms. The van der Waals surface area contributed by atoms with Crippen LogP contribution in [0.1, 0.15) is 10.4 Å². The number of hydrogen-bond acceptors (Lipinski definition) is 6. The van der Waals surface area contributed by atoms with E-state index in [1.54, 1.807) is 10.6 Å². The van der Waals surface area contributed by atoms with Crippen LogP contribution in [0.5, 0.6) is 0 Å². The van der Waals surface area contributed by atoms with Gasteiger partial charge in [0.1, 0.15) is 0 Å². The maximum Gasteiger partial charge on any atom is 0.279 e. The van der Waals surface area contributed by atoms with Crippen LogP contribution >= 0.6 is 22.9 Å². The van der Waals surface area contributed by atoms with Gasteiger partial charge in [-0.1, -0.05) is 34.9 Å². The van der Waals surface area contributed by atoms with E-state index in [0.29, 0.717) is 15.2 Å². The summed E-state index contributed by atoms with van der Waals surface area (Å²) in [6.45, 7) is 0.102. The third kappa shape index (κ3) is 5.25. The summed E-state index contributed by atoms with van der Waals surface area (Å²) in [5.41, 5.74) is 0.821. The quantitative estimate of drug-likeness (QED) is 0.226. The standard InChI is InChI=1S/C23H15ClN4O5S2/c1-2-12-27-20-11-8-18(28(30)31)14-21(20)34-23(27)25-22(29)15-4-3-5-17(13-15)26-35(32,33)19-9-6-16(24)7-10-19/h1,3-11,13-14,26H,12H2. The summed E-state index contributed by atoms with van der Waals surface area (Å²) in [6, 6.07) is 15.8. The summed E-state index contributed by atoms with van der Waals surface area (Å²) >= 11 is 6.90. The lowest BCUT2D eigenvalue weighted by Crippen LogP contribution is -2.17. The van der Waals surface area contributed by atoms with Gasteiger partial charge >= 0.3 is 0 Å². The molecule has 0 fully saturated rings. The number of terminal acetylenes is 1. The van der Waals surface area contributed by atoms with Crippen molar-refractivity contribution in [3.05, 3.63) is 92.2 Å². The van der Waals surface area contributed by atoms with Gasteiger partial charge in [-0.3, -0.25) is 19.6 Å². The van der Waals surface area contributed by atoms with E-state index in [4.69, 9.17) is 18.0 Å². The molecular formula is C23H15ClN4O5S2. The van der Waals surface area contributed by atoms with Crippen molar-refractivity contribution in [1.29, 1.82) is 0 Å². The molecule has 0 atom stereocenters. The van der Waals surface area contributed by atoms with Gasteiger partial charge < -0.3 is 4.57 Å². The van der Waals surface area contributed by atoms with Crippen LogP contribution in [0, 0.1) is 22.5 Å². The molecule has 1 heterocycles. The zero-order valence-corrected chi connectivity index (χ0v) is 20.1. The average molecular weight is 527 g/mol. The molecule has 0 spiro atoms. The number of nitrogens with one attached hydrogen (secondary N) is 1. The normalized spacial score (nSPS) is 11.8. The van der Waals surface area contributed by atoms with Gasteiger partial charge in [-0.15, -0.1) is 6.42 Å². The number of benzene rings is 3. The highest BCUT2D eigenvalue weighted by molar-refractivity contribution is 7.92. The van der Waals surface area contributed by atoms with Gasteiger partial charge in [-0.2, -0.15) is 4.99 Å². The maximum atomic E-state index is 12.9. The Balaban J connectivity index is 1.69. The van der Waals surface area contributed by atoms with Gasteiger partial charge in [-0.25, -0.2) is 8.42 Å². The van der Waals surface area contributed by atoms with Crippen LogP contribution in [-0.2, 0) is 16.6 Å². The summed E-state index contributed by atoms with van der Waals surface area (Å²) in [6.07, 6.45) is 5.46. The lowest BCUT2D eigenvalue weighted by molar-refractivity contribution is -0.384. The molecule has 0 aliphatic heterocycles. The Morgan fingerprint density at radius 2 is 1.91 bits per heavy atom. The van der Waals surface area contributed by atoms with Crippen LogP contribution in [0.25, 0.3) is 10.2 Å². The predicted octanol–water partition coefficient (Wildman–Crippen LogP) is 4.44. The van der Waals surface area contributed by atoms with Crippen molar-refractivity contribution >= 4 is 60.5 Å². The maximum absolute atomic E-state index is 12.9. The number of sulfonamides is 1. The first-order valence-corrected chi connectivity index (χ1v) is 12.5. The molecule has 176 valence electrons. The highest BCUT2D eigenvalue weighted by Crippen LogP contribution is 2.24. The van der Waals surface area contributed by atoms with Crippen molar-refractivity contribution in [1.82, 2.24) is 4.57 Å². The SMILES string of the molecule is C#CCn1c(=NC(=O)c2cccc(NS(=O)(=O)c3ccc(Cl)cc3)c2)sc2cc([N+](=O)[O-])ccc21. The highest BCUT2D eigenvalue weighted by atomic mass is 35.5. The van der Waals surface area contributed by atoms with Crippen molar-refractivity contribution < 1.29 is 18.1 Å². The van der Waals surface area contributed by atoms with E-state index in [1.165, 1.54) is 60.7 Å². The molecular weight excluding hydrogens is 512 g/mol. The second kappa shape index (κ2) is 9.71. The van der Waals surface area contributed by atoms with Crippen LogP contribution in [0.4, 0.5) is 11.4 Å². The van der Waals surface area contributed by atoms with Gasteiger partial charge in [0.05, 0.1) is 26.6 Å². The number of rotatable bonds is 6. The van der Waals surface area contributed by atoms with Crippen LogP contribution in [0.15, 0.2) is 76.6 Å². The molecule has 0 aliphatic rings. The number of nitrogens with zero attached hydrogens (tertiary/aromatic N) is 3. The molecule has 9 nitrogen and oxygen atoms in total. The lowest BCUT2D eigenvalue weighted by Gasteiger charge is -2.09. The van der Waals surface area contributed by atoms with Crippen LogP contribution in [-0.4, -0.2) is 23.8 Å². The molecule has 0 saturated carbocycles. The third-order valence-electron chi connectivity index (χ3n) is 4.81. The summed E-state index contributed by atoms with van der Waals surface area (Å²) < 4.78 is 29.9. The van der Waals surface area contributed by atoms with Crippen molar-refractivity contribution in [2.45, 2.75) is 11.4 Å². The Morgan fingerprint density at radius 1 is 1.17 bits per heavy atom. The smallest absolute Gasteiger partial charge is 0.279 e. The molecule has 0 unspecified atom stereocenters. The molecule has 3 aromatic carbocycles. The molecule has 0 saturated heterocycles. The molecule has 0 radical (unpaired) electrons. The second-order valence-corrected chi connectivity index (χ2v) is 10.3. The zero-order valence-electron chi connectivity index (χ0n) is 17.7. The summed E-state index contributed by atoms with van der Waals surface area (Å²) in [4.78, 5) is 27.9. The number of anilines is 1. The number of carbonyl (C=O) groups is 1. The molecule has 1 amide bonds. The van der Waals surface area contributed by atoms with E-state index in [1.807, 2.05) is 0 Å². The minimum Gasteiger partial charge on any atom is -0.305 e. The number of thiazole rings is 1. The summed E-state index contributed by atoms with van der Waals surface area (Å²) in [7, 11) is -3.90. The van der Waals surface area contributed by atoms with E-state index in [2.05, 4.69) is 15.6 Å². The molecule has 0 aliphatic carbocycles. The number of nitro groups is 1. The second-order valence-electron chi connectivity index (χ2n) is 7.14. The summed E-state index contributed by atoms with van der Waals surface area (Å²) in [5.74, 6) is 1.85. The minimum absolute atomic E-state index is 0.0120. The van der Waals surface area contributed by atoms with Gasteiger partial charge in [0, 0.05) is 28.4 Å². The van der Waals surface area contributed by atoms with Gasteiger partial charge in [0.2, 0.25) is 0 Å². The van der Waals surface area contributed by atoms with Crippen molar-refractivity contribution in [3.63, 3.8) is 0 Å². The van der Waals surface area contributed by atoms with Crippen molar-refractivity contribution in [2.75, 3.05) is 4.72 Å². The topological polar surface area (TPSA) is 124 Å². The van der Waals surface area contributed by atoms with E-state index in [0.717, 1.165) is 11.3 Å². The number of hydrogen-bond donors (Lipinski definition) is 1. The molecule has 1 aromatic heterocycles. The fourth-order valence-corrected chi connectivity index (χ4v) is 5.44. The minimum atomic E-state index is -3.90. The Labute approximate surface area is 208 Å².